The lowest BCUT2D eigenvalue weighted by Crippen LogP contribution is -2.28. The molecule has 1 N–H and O–H groups in total. The van der Waals surface area contributed by atoms with Gasteiger partial charge in [0.25, 0.3) is 0 Å². The van der Waals surface area contributed by atoms with Gasteiger partial charge in [-0.1, -0.05) is 12.1 Å². The van der Waals surface area contributed by atoms with Gasteiger partial charge in [-0.2, -0.15) is 0 Å². The van der Waals surface area contributed by atoms with Crippen molar-refractivity contribution in [2.75, 3.05) is 13.1 Å². The third-order valence-electron chi connectivity index (χ3n) is 3.80. The molecule has 1 amide bonds. The average molecular weight is 242 g/mol. The largest absolute Gasteiger partial charge is 0.361 e. The van der Waals surface area contributed by atoms with Crippen LogP contribution in [0.1, 0.15) is 24.0 Å². The van der Waals surface area contributed by atoms with E-state index in [1.165, 1.54) is 10.9 Å². The third-order valence-corrected chi connectivity index (χ3v) is 3.80. The van der Waals surface area contributed by atoms with E-state index in [0.29, 0.717) is 6.42 Å². The quantitative estimate of drug-likeness (QED) is 0.863. The van der Waals surface area contributed by atoms with Crippen molar-refractivity contribution in [3.05, 3.63) is 35.5 Å². The van der Waals surface area contributed by atoms with Crippen molar-refractivity contribution in [2.45, 2.75) is 26.2 Å². The van der Waals surface area contributed by atoms with Gasteiger partial charge in [0.15, 0.2) is 0 Å². The van der Waals surface area contributed by atoms with Gasteiger partial charge >= 0.3 is 0 Å². The molecule has 0 radical (unpaired) electrons. The summed E-state index contributed by atoms with van der Waals surface area (Å²) in [6.07, 6.45) is 4.80. The predicted molar refractivity (Wildman–Crippen MR) is 72.6 cm³/mol. The van der Waals surface area contributed by atoms with Crippen LogP contribution in [0.25, 0.3) is 10.9 Å². The molecule has 0 saturated carbocycles. The molecule has 3 rings (SSSR count). The zero-order valence-corrected chi connectivity index (χ0v) is 10.7. The number of aromatic amines is 1. The number of fused-ring (bicyclic) bond motifs is 1. The van der Waals surface area contributed by atoms with Crippen LogP contribution in [0, 0.1) is 6.92 Å². The lowest BCUT2D eigenvalue weighted by atomic mass is 10.1. The molecule has 0 bridgehead atoms. The molecule has 94 valence electrons. The molecule has 1 fully saturated rings. The smallest absolute Gasteiger partial charge is 0.227 e. The Hall–Kier alpha value is -1.77. The van der Waals surface area contributed by atoms with Gasteiger partial charge in [0, 0.05) is 30.2 Å². The summed E-state index contributed by atoms with van der Waals surface area (Å²) in [5.74, 6) is 0.261. The summed E-state index contributed by atoms with van der Waals surface area (Å²) in [5.41, 5.74) is 3.48. The number of aromatic nitrogens is 1. The summed E-state index contributed by atoms with van der Waals surface area (Å²) >= 11 is 0. The Morgan fingerprint density at radius 3 is 2.89 bits per heavy atom. The minimum Gasteiger partial charge on any atom is -0.361 e. The van der Waals surface area contributed by atoms with Gasteiger partial charge in [-0.25, -0.2) is 0 Å². The van der Waals surface area contributed by atoms with Crippen LogP contribution in [0.2, 0.25) is 0 Å². The zero-order valence-electron chi connectivity index (χ0n) is 10.7. The summed E-state index contributed by atoms with van der Waals surface area (Å²) in [4.78, 5) is 17.4. The van der Waals surface area contributed by atoms with Crippen molar-refractivity contribution in [1.29, 1.82) is 0 Å². The fraction of sp³-hybridized carbons (Fsp3) is 0.400. The number of H-pyrrole nitrogens is 1. The Bertz CT molecular complexity index is 579. The van der Waals surface area contributed by atoms with E-state index in [4.69, 9.17) is 0 Å². The number of carbonyl (C=O) groups is 1. The number of hydrogen-bond donors (Lipinski definition) is 1. The molecule has 3 heteroatoms. The monoisotopic (exact) mass is 242 g/mol. The van der Waals surface area contributed by atoms with Crippen molar-refractivity contribution < 1.29 is 4.79 Å². The fourth-order valence-corrected chi connectivity index (χ4v) is 2.83. The van der Waals surface area contributed by atoms with E-state index in [0.717, 1.165) is 37.0 Å². The van der Waals surface area contributed by atoms with E-state index in [1.54, 1.807) is 0 Å². The maximum atomic E-state index is 12.2. The maximum absolute atomic E-state index is 12.2. The van der Waals surface area contributed by atoms with Crippen molar-refractivity contribution in [2.24, 2.45) is 0 Å². The molecule has 1 aromatic heterocycles. The van der Waals surface area contributed by atoms with Gasteiger partial charge in [-0.15, -0.1) is 0 Å². The van der Waals surface area contributed by atoms with E-state index in [9.17, 15) is 4.79 Å². The van der Waals surface area contributed by atoms with Crippen LogP contribution in [-0.4, -0.2) is 28.9 Å². The van der Waals surface area contributed by atoms with Crippen molar-refractivity contribution in [3.63, 3.8) is 0 Å². The minimum absolute atomic E-state index is 0.261. The third kappa shape index (κ3) is 1.90. The van der Waals surface area contributed by atoms with E-state index in [1.807, 2.05) is 17.2 Å². The van der Waals surface area contributed by atoms with Gasteiger partial charge in [0.2, 0.25) is 5.91 Å². The second-order valence-electron chi connectivity index (χ2n) is 5.08. The van der Waals surface area contributed by atoms with Gasteiger partial charge in [0.1, 0.15) is 0 Å². The number of hydrogen-bond acceptors (Lipinski definition) is 1. The molecule has 1 aliphatic rings. The molecule has 0 unspecified atom stereocenters. The van der Waals surface area contributed by atoms with E-state index in [2.05, 4.69) is 24.0 Å². The second-order valence-corrected chi connectivity index (χ2v) is 5.08. The van der Waals surface area contributed by atoms with E-state index in [-0.39, 0.29) is 5.91 Å². The van der Waals surface area contributed by atoms with Crippen LogP contribution in [0.15, 0.2) is 24.4 Å². The molecule has 1 saturated heterocycles. The molecule has 2 heterocycles. The van der Waals surface area contributed by atoms with Crippen molar-refractivity contribution in [3.8, 4) is 0 Å². The standard InChI is InChI=1S/C15H18N2O/c1-11-5-4-6-13-15(11)12(10-16-13)9-14(18)17-7-2-3-8-17/h4-6,10,16H,2-3,7-9H2,1H3. The number of rotatable bonds is 2. The van der Waals surface area contributed by atoms with Gasteiger partial charge in [-0.05, 0) is 37.0 Å². The molecule has 18 heavy (non-hydrogen) atoms. The Labute approximate surface area is 107 Å². The lowest BCUT2D eigenvalue weighted by Gasteiger charge is -2.14. The summed E-state index contributed by atoms with van der Waals surface area (Å²) in [6, 6.07) is 6.20. The molecular formula is C15H18N2O. The van der Waals surface area contributed by atoms with Gasteiger partial charge < -0.3 is 9.88 Å². The Morgan fingerprint density at radius 1 is 1.33 bits per heavy atom. The number of benzene rings is 1. The van der Waals surface area contributed by atoms with E-state index < -0.39 is 0 Å². The molecule has 0 aliphatic carbocycles. The van der Waals surface area contributed by atoms with Crippen molar-refractivity contribution in [1.82, 2.24) is 9.88 Å². The van der Waals surface area contributed by atoms with Gasteiger partial charge in [-0.3, -0.25) is 4.79 Å². The molecule has 2 aromatic rings. The number of carbonyl (C=O) groups excluding carboxylic acids is 1. The minimum atomic E-state index is 0.261. The summed E-state index contributed by atoms with van der Waals surface area (Å²) < 4.78 is 0. The lowest BCUT2D eigenvalue weighted by molar-refractivity contribution is -0.129. The number of aryl methyl sites for hydroxylation is 1. The first-order valence-electron chi connectivity index (χ1n) is 6.59. The maximum Gasteiger partial charge on any atom is 0.227 e. The topological polar surface area (TPSA) is 36.1 Å². The van der Waals surface area contributed by atoms with Crippen LogP contribution < -0.4 is 0 Å². The summed E-state index contributed by atoms with van der Waals surface area (Å²) in [5, 5.41) is 1.21. The molecule has 0 spiro atoms. The highest BCUT2D eigenvalue weighted by atomic mass is 16.2. The number of amides is 1. The van der Waals surface area contributed by atoms with Crippen LogP contribution in [-0.2, 0) is 11.2 Å². The number of nitrogens with one attached hydrogen (secondary N) is 1. The Balaban J connectivity index is 1.88. The highest BCUT2D eigenvalue weighted by Gasteiger charge is 2.19. The summed E-state index contributed by atoms with van der Waals surface area (Å²) in [7, 11) is 0. The van der Waals surface area contributed by atoms with Gasteiger partial charge in [0.05, 0.1) is 6.42 Å². The van der Waals surface area contributed by atoms with Crippen LogP contribution >= 0.6 is 0 Å². The molecule has 1 aliphatic heterocycles. The number of likely N-dealkylation sites (tertiary alicyclic amines) is 1. The van der Waals surface area contributed by atoms with Crippen LogP contribution in [0.4, 0.5) is 0 Å². The normalized spacial score (nSPS) is 15.5. The molecule has 3 nitrogen and oxygen atoms in total. The second kappa shape index (κ2) is 4.48. The SMILES string of the molecule is Cc1cccc2[nH]cc(CC(=O)N3CCCC3)c12. The first kappa shape index (κ1) is 11.3. The number of nitrogens with zero attached hydrogens (tertiary/aromatic N) is 1. The van der Waals surface area contributed by atoms with E-state index >= 15 is 0 Å². The zero-order chi connectivity index (χ0) is 12.5. The average Bonchev–Trinajstić information content (AvgIpc) is 2.99. The molecule has 1 aromatic carbocycles. The molecular weight excluding hydrogens is 224 g/mol. The first-order valence-corrected chi connectivity index (χ1v) is 6.59. The summed E-state index contributed by atoms with van der Waals surface area (Å²) in [6.45, 7) is 3.96. The first-order chi connectivity index (χ1) is 8.75. The molecule has 0 atom stereocenters. The predicted octanol–water partition coefficient (Wildman–Crippen LogP) is 2.64. The Kier molecular flexibility index (Phi) is 2.82. The van der Waals surface area contributed by atoms with Crippen molar-refractivity contribution >= 4 is 16.8 Å². The fourth-order valence-electron chi connectivity index (χ4n) is 2.83. The highest BCUT2D eigenvalue weighted by molar-refractivity contribution is 5.91. The van der Waals surface area contributed by atoms with Crippen LogP contribution in [0.3, 0.4) is 0 Å². The van der Waals surface area contributed by atoms with Crippen LogP contribution in [0.5, 0.6) is 0 Å². The highest BCUT2D eigenvalue weighted by Crippen LogP contribution is 2.23. The Morgan fingerprint density at radius 2 is 2.11 bits per heavy atom.